The maximum atomic E-state index is 12.0. The number of morpholine rings is 1. The lowest BCUT2D eigenvalue weighted by Crippen LogP contribution is -2.54. The molecule has 2 atom stereocenters. The van der Waals surface area contributed by atoms with Gasteiger partial charge in [-0.25, -0.2) is 9.59 Å². The molecule has 18 heavy (non-hydrogen) atoms. The van der Waals surface area contributed by atoms with Gasteiger partial charge in [-0.05, 0) is 19.3 Å². The minimum absolute atomic E-state index is 0.0211. The summed E-state index contributed by atoms with van der Waals surface area (Å²) in [4.78, 5) is 24.7. The van der Waals surface area contributed by atoms with E-state index in [4.69, 9.17) is 9.84 Å². The molecule has 0 aliphatic carbocycles. The Balaban J connectivity index is 2.57. The van der Waals surface area contributed by atoms with E-state index in [0.717, 1.165) is 0 Å². The van der Waals surface area contributed by atoms with E-state index < -0.39 is 12.0 Å². The van der Waals surface area contributed by atoms with E-state index in [1.54, 1.807) is 4.90 Å². The minimum Gasteiger partial charge on any atom is -0.480 e. The Hall–Kier alpha value is -1.30. The molecule has 0 aromatic rings. The van der Waals surface area contributed by atoms with Gasteiger partial charge in [0.25, 0.3) is 0 Å². The highest BCUT2D eigenvalue weighted by molar-refractivity contribution is 5.82. The predicted octanol–water partition coefficient (Wildman–Crippen LogP) is 0.916. The van der Waals surface area contributed by atoms with Gasteiger partial charge >= 0.3 is 12.0 Å². The van der Waals surface area contributed by atoms with Crippen molar-refractivity contribution in [2.24, 2.45) is 5.92 Å². The van der Waals surface area contributed by atoms with Gasteiger partial charge in [0.15, 0.2) is 0 Å². The fraction of sp³-hybridized carbons (Fsp3) is 0.833. The molecule has 1 saturated heterocycles. The van der Waals surface area contributed by atoms with Gasteiger partial charge in [0.1, 0.15) is 6.04 Å². The molecule has 0 aromatic heterocycles. The molecular formula is C12H22N2O4. The van der Waals surface area contributed by atoms with E-state index in [1.165, 1.54) is 0 Å². The largest absolute Gasteiger partial charge is 0.480 e. The zero-order chi connectivity index (χ0) is 13.7. The molecule has 0 radical (unpaired) electrons. The molecule has 0 aromatic carbocycles. The van der Waals surface area contributed by atoms with Crippen LogP contribution in [0.25, 0.3) is 0 Å². The van der Waals surface area contributed by atoms with Crippen LogP contribution in [-0.4, -0.2) is 53.8 Å². The highest BCUT2D eigenvalue weighted by Crippen LogP contribution is 2.09. The maximum Gasteiger partial charge on any atom is 0.326 e. The van der Waals surface area contributed by atoms with Gasteiger partial charge in [-0.1, -0.05) is 13.8 Å². The number of carbonyl (C=O) groups is 2. The third kappa shape index (κ3) is 4.18. The van der Waals surface area contributed by atoms with Crippen molar-refractivity contribution >= 4 is 12.0 Å². The molecule has 0 spiro atoms. The fourth-order valence-electron chi connectivity index (χ4n) is 1.95. The summed E-state index contributed by atoms with van der Waals surface area (Å²) in [6.07, 6.45) is 0.430. The molecular weight excluding hydrogens is 236 g/mol. The van der Waals surface area contributed by atoms with Crippen LogP contribution in [0.15, 0.2) is 0 Å². The fourth-order valence-corrected chi connectivity index (χ4v) is 1.95. The molecule has 104 valence electrons. The summed E-state index contributed by atoms with van der Waals surface area (Å²) in [5.74, 6) is -0.772. The summed E-state index contributed by atoms with van der Waals surface area (Å²) in [5, 5.41) is 11.7. The number of carbonyl (C=O) groups excluding carboxylic acids is 1. The first-order valence-corrected chi connectivity index (χ1v) is 6.29. The second-order valence-electron chi connectivity index (χ2n) is 5.09. The second-order valence-corrected chi connectivity index (χ2v) is 5.09. The monoisotopic (exact) mass is 258 g/mol. The summed E-state index contributed by atoms with van der Waals surface area (Å²) in [7, 11) is 0. The quantitative estimate of drug-likeness (QED) is 0.785. The lowest BCUT2D eigenvalue weighted by molar-refractivity contribution is -0.139. The normalized spacial score (nSPS) is 21.8. The van der Waals surface area contributed by atoms with Gasteiger partial charge < -0.3 is 20.1 Å². The molecule has 2 N–H and O–H groups in total. The third-order valence-corrected chi connectivity index (χ3v) is 2.93. The number of hydrogen-bond donors (Lipinski definition) is 2. The van der Waals surface area contributed by atoms with Crippen LogP contribution in [0.2, 0.25) is 0 Å². The average molecular weight is 258 g/mol. The van der Waals surface area contributed by atoms with E-state index in [2.05, 4.69) is 5.32 Å². The van der Waals surface area contributed by atoms with Crippen LogP contribution < -0.4 is 5.32 Å². The Labute approximate surface area is 107 Å². The van der Waals surface area contributed by atoms with Gasteiger partial charge in [0, 0.05) is 6.54 Å². The average Bonchev–Trinajstić information content (AvgIpc) is 2.27. The van der Waals surface area contributed by atoms with Crippen LogP contribution in [0.1, 0.15) is 27.2 Å². The lowest BCUT2D eigenvalue weighted by Gasteiger charge is -2.34. The molecule has 1 heterocycles. The number of urea groups is 1. The standard InChI is InChI=1S/C12H22N2O4/c1-8(2)6-10(11(15)16)13-12(17)14-4-5-18-7-9(14)3/h8-10H,4-7H2,1-3H3,(H,13,17)(H,15,16)/t9?,10-/m1/s1. The predicted molar refractivity (Wildman–Crippen MR) is 66.4 cm³/mol. The Morgan fingerprint density at radius 3 is 2.67 bits per heavy atom. The van der Waals surface area contributed by atoms with Crippen molar-refractivity contribution < 1.29 is 19.4 Å². The summed E-state index contributed by atoms with van der Waals surface area (Å²) in [5.41, 5.74) is 0. The molecule has 0 saturated carbocycles. The van der Waals surface area contributed by atoms with E-state index >= 15 is 0 Å². The molecule has 6 heteroatoms. The number of ether oxygens (including phenoxy) is 1. The van der Waals surface area contributed by atoms with Crippen molar-refractivity contribution in [2.45, 2.75) is 39.3 Å². The summed E-state index contributed by atoms with van der Waals surface area (Å²) >= 11 is 0. The zero-order valence-electron chi connectivity index (χ0n) is 11.2. The number of rotatable bonds is 4. The van der Waals surface area contributed by atoms with Crippen molar-refractivity contribution in [1.29, 1.82) is 0 Å². The highest BCUT2D eigenvalue weighted by atomic mass is 16.5. The van der Waals surface area contributed by atoms with Crippen LogP contribution >= 0.6 is 0 Å². The number of amides is 2. The molecule has 0 bridgehead atoms. The first kappa shape index (κ1) is 14.8. The summed E-state index contributed by atoms with van der Waals surface area (Å²) < 4.78 is 5.24. The molecule has 1 fully saturated rings. The minimum atomic E-state index is -0.988. The van der Waals surface area contributed by atoms with Crippen molar-refractivity contribution in [3.05, 3.63) is 0 Å². The second kappa shape index (κ2) is 6.58. The van der Waals surface area contributed by atoms with E-state index in [-0.39, 0.29) is 18.0 Å². The van der Waals surface area contributed by atoms with Gasteiger partial charge in [-0.2, -0.15) is 0 Å². The topological polar surface area (TPSA) is 78.9 Å². The molecule has 1 unspecified atom stereocenters. The molecule has 6 nitrogen and oxygen atoms in total. The smallest absolute Gasteiger partial charge is 0.326 e. The van der Waals surface area contributed by atoms with Crippen molar-refractivity contribution in [2.75, 3.05) is 19.8 Å². The number of carboxylic acids is 1. The van der Waals surface area contributed by atoms with Gasteiger partial charge in [-0.15, -0.1) is 0 Å². The van der Waals surface area contributed by atoms with Crippen LogP contribution in [0.5, 0.6) is 0 Å². The highest BCUT2D eigenvalue weighted by Gasteiger charge is 2.28. The third-order valence-electron chi connectivity index (χ3n) is 2.93. The van der Waals surface area contributed by atoms with Gasteiger partial charge in [-0.3, -0.25) is 0 Å². The van der Waals surface area contributed by atoms with Crippen LogP contribution in [0, 0.1) is 5.92 Å². The van der Waals surface area contributed by atoms with E-state index in [1.807, 2.05) is 20.8 Å². The van der Waals surface area contributed by atoms with Crippen molar-refractivity contribution in [3.63, 3.8) is 0 Å². The Morgan fingerprint density at radius 1 is 1.50 bits per heavy atom. The van der Waals surface area contributed by atoms with Crippen LogP contribution in [0.4, 0.5) is 4.79 Å². The molecule has 1 rings (SSSR count). The van der Waals surface area contributed by atoms with Gasteiger partial charge in [0.2, 0.25) is 0 Å². The Kier molecular flexibility index (Phi) is 5.40. The number of aliphatic carboxylic acids is 1. The maximum absolute atomic E-state index is 12.0. The van der Waals surface area contributed by atoms with Crippen LogP contribution in [0.3, 0.4) is 0 Å². The zero-order valence-corrected chi connectivity index (χ0v) is 11.2. The van der Waals surface area contributed by atoms with Crippen molar-refractivity contribution in [3.8, 4) is 0 Å². The number of nitrogens with zero attached hydrogens (tertiary/aromatic N) is 1. The molecule has 2 amide bonds. The SMILES string of the molecule is CC(C)C[C@@H](NC(=O)N1CCOCC1C)C(=O)O. The van der Waals surface area contributed by atoms with Crippen LogP contribution in [-0.2, 0) is 9.53 Å². The van der Waals surface area contributed by atoms with Crippen molar-refractivity contribution in [1.82, 2.24) is 10.2 Å². The lowest BCUT2D eigenvalue weighted by atomic mass is 10.0. The summed E-state index contributed by atoms with van der Waals surface area (Å²) in [6, 6.07) is -1.17. The Bertz CT molecular complexity index is 306. The summed E-state index contributed by atoms with van der Waals surface area (Å²) in [6.45, 7) is 7.24. The first-order valence-electron chi connectivity index (χ1n) is 6.29. The first-order chi connectivity index (χ1) is 8.41. The molecule has 1 aliphatic rings. The number of hydrogen-bond acceptors (Lipinski definition) is 3. The Morgan fingerprint density at radius 2 is 2.17 bits per heavy atom. The van der Waals surface area contributed by atoms with Gasteiger partial charge in [0.05, 0.1) is 19.3 Å². The number of nitrogens with one attached hydrogen (secondary N) is 1. The van der Waals surface area contributed by atoms with E-state index in [9.17, 15) is 9.59 Å². The molecule has 1 aliphatic heterocycles. The number of carboxylic acid groups (broad SMARTS) is 1. The van der Waals surface area contributed by atoms with E-state index in [0.29, 0.717) is 26.2 Å².